The molecule has 0 radical (unpaired) electrons. The first-order chi connectivity index (χ1) is 5.13. The van der Waals surface area contributed by atoms with Crippen molar-refractivity contribution in [1.82, 2.24) is 0 Å². The average molecular weight is 170 g/mol. The van der Waals surface area contributed by atoms with Gasteiger partial charge in [0.1, 0.15) is 0 Å². The van der Waals surface area contributed by atoms with Crippen LogP contribution in [0.15, 0.2) is 11.4 Å². The van der Waals surface area contributed by atoms with E-state index in [1.165, 1.54) is 0 Å². The molecule has 1 N–H and O–H groups in total. The minimum Gasteiger partial charge on any atom is -0.475 e. The molecular weight excluding hydrogens is 164 g/mol. The van der Waals surface area contributed by atoms with E-state index in [9.17, 15) is 9.59 Å². The Kier molecular flexibility index (Phi) is 2.05. The second-order valence-electron chi connectivity index (χ2n) is 2.07. The van der Waals surface area contributed by atoms with Crippen molar-refractivity contribution in [2.75, 3.05) is 0 Å². The van der Waals surface area contributed by atoms with Crippen LogP contribution >= 0.6 is 11.3 Å². The molecule has 3 nitrogen and oxygen atoms in total. The molecule has 0 spiro atoms. The molecule has 0 aliphatic heterocycles. The Morgan fingerprint density at radius 2 is 2.18 bits per heavy atom. The Morgan fingerprint density at radius 1 is 1.55 bits per heavy atom. The zero-order valence-electron chi connectivity index (χ0n) is 5.83. The van der Waals surface area contributed by atoms with Gasteiger partial charge in [-0.2, -0.15) is 0 Å². The number of Topliss-reactive ketones (excluding diaryl/α,β-unsaturated/α-hetero) is 1. The molecule has 0 aliphatic rings. The van der Waals surface area contributed by atoms with E-state index in [2.05, 4.69) is 0 Å². The second kappa shape index (κ2) is 2.84. The highest BCUT2D eigenvalue weighted by Crippen LogP contribution is 2.15. The van der Waals surface area contributed by atoms with Gasteiger partial charge in [-0.05, 0) is 23.9 Å². The molecule has 0 amide bonds. The van der Waals surface area contributed by atoms with Crippen molar-refractivity contribution in [3.05, 3.63) is 21.9 Å². The molecule has 1 heterocycles. The van der Waals surface area contributed by atoms with Crippen molar-refractivity contribution in [2.45, 2.75) is 6.92 Å². The summed E-state index contributed by atoms with van der Waals surface area (Å²) in [6, 6.07) is 1.72. The maximum absolute atomic E-state index is 10.8. The number of rotatable bonds is 2. The van der Waals surface area contributed by atoms with Crippen LogP contribution in [0.2, 0.25) is 0 Å². The number of hydrogen-bond acceptors (Lipinski definition) is 3. The summed E-state index contributed by atoms with van der Waals surface area (Å²) in [5.41, 5.74) is 0.724. The van der Waals surface area contributed by atoms with E-state index in [1.54, 1.807) is 18.4 Å². The lowest BCUT2D eigenvalue weighted by Crippen LogP contribution is -2.11. The van der Waals surface area contributed by atoms with Crippen LogP contribution in [0.4, 0.5) is 0 Å². The lowest BCUT2D eigenvalue weighted by atomic mass is 10.2. The number of ketones is 1. The maximum Gasteiger partial charge on any atom is 0.378 e. The molecule has 0 aliphatic carbocycles. The van der Waals surface area contributed by atoms with Crippen molar-refractivity contribution in [2.24, 2.45) is 0 Å². The van der Waals surface area contributed by atoms with Gasteiger partial charge >= 0.3 is 5.97 Å². The number of carboxylic acid groups (broad SMARTS) is 1. The highest BCUT2D eigenvalue weighted by atomic mass is 32.1. The van der Waals surface area contributed by atoms with E-state index in [4.69, 9.17) is 5.11 Å². The van der Waals surface area contributed by atoms with Gasteiger partial charge in [0.15, 0.2) is 0 Å². The molecule has 0 bridgehead atoms. The Morgan fingerprint density at radius 3 is 2.55 bits per heavy atom. The predicted molar refractivity (Wildman–Crippen MR) is 41.0 cm³/mol. The number of aryl methyl sites for hydroxylation is 1. The number of aliphatic carboxylic acids is 1. The molecule has 1 aromatic rings. The molecular formula is C7H6O3S. The summed E-state index contributed by atoms with van der Waals surface area (Å²) in [6.45, 7) is 1.71. The Bertz CT molecular complexity index is 300. The van der Waals surface area contributed by atoms with E-state index in [1.807, 2.05) is 0 Å². The van der Waals surface area contributed by atoms with Gasteiger partial charge in [0, 0.05) is 0 Å². The van der Waals surface area contributed by atoms with Gasteiger partial charge in [0.2, 0.25) is 0 Å². The minimum absolute atomic E-state index is 0.317. The van der Waals surface area contributed by atoms with Crippen LogP contribution < -0.4 is 0 Å². The van der Waals surface area contributed by atoms with E-state index >= 15 is 0 Å². The van der Waals surface area contributed by atoms with E-state index in [0.717, 1.165) is 16.9 Å². The van der Waals surface area contributed by atoms with Crippen molar-refractivity contribution in [1.29, 1.82) is 0 Å². The third kappa shape index (κ3) is 1.46. The SMILES string of the molecule is Cc1ccsc1C(=O)C(=O)O. The molecule has 11 heavy (non-hydrogen) atoms. The van der Waals surface area contributed by atoms with Gasteiger partial charge in [-0.3, -0.25) is 4.79 Å². The molecule has 0 saturated heterocycles. The Hall–Kier alpha value is -1.16. The van der Waals surface area contributed by atoms with Crippen LogP contribution in [0.25, 0.3) is 0 Å². The maximum atomic E-state index is 10.8. The van der Waals surface area contributed by atoms with Crippen molar-refractivity contribution >= 4 is 23.1 Å². The molecule has 0 saturated carbocycles. The average Bonchev–Trinajstić information content (AvgIpc) is 2.33. The highest BCUT2D eigenvalue weighted by molar-refractivity contribution is 7.13. The monoisotopic (exact) mass is 170 g/mol. The van der Waals surface area contributed by atoms with E-state index in [0.29, 0.717) is 4.88 Å². The minimum atomic E-state index is -1.39. The van der Waals surface area contributed by atoms with Crippen LogP contribution in [0.3, 0.4) is 0 Å². The Balaban J connectivity index is 3.02. The number of carbonyl (C=O) groups is 2. The normalized spacial score (nSPS) is 9.55. The zero-order valence-corrected chi connectivity index (χ0v) is 6.64. The topological polar surface area (TPSA) is 54.4 Å². The standard InChI is InChI=1S/C7H6O3S/c1-4-2-3-11-6(4)5(8)7(9)10/h2-3H,1H3,(H,9,10). The van der Waals surface area contributed by atoms with Crippen LogP contribution in [-0.2, 0) is 4.79 Å². The summed E-state index contributed by atoms with van der Waals surface area (Å²) in [4.78, 5) is 21.4. The van der Waals surface area contributed by atoms with E-state index < -0.39 is 11.8 Å². The second-order valence-corrected chi connectivity index (χ2v) is 2.98. The molecule has 1 aromatic heterocycles. The molecule has 0 fully saturated rings. The summed E-state index contributed by atoms with van der Waals surface area (Å²) in [5.74, 6) is -2.21. The fourth-order valence-electron chi connectivity index (χ4n) is 0.702. The van der Waals surface area contributed by atoms with Crippen molar-refractivity contribution in [3.63, 3.8) is 0 Å². The van der Waals surface area contributed by atoms with Crippen LogP contribution in [-0.4, -0.2) is 16.9 Å². The number of carbonyl (C=O) groups excluding carboxylic acids is 1. The first-order valence-corrected chi connectivity index (χ1v) is 3.82. The van der Waals surface area contributed by atoms with Crippen molar-refractivity contribution < 1.29 is 14.7 Å². The van der Waals surface area contributed by atoms with Crippen LogP contribution in [0.5, 0.6) is 0 Å². The fourth-order valence-corrected chi connectivity index (χ4v) is 1.56. The molecule has 4 heteroatoms. The molecule has 0 unspecified atom stereocenters. The van der Waals surface area contributed by atoms with Crippen LogP contribution in [0, 0.1) is 6.92 Å². The fraction of sp³-hybridized carbons (Fsp3) is 0.143. The third-order valence-electron chi connectivity index (χ3n) is 1.26. The molecule has 58 valence electrons. The van der Waals surface area contributed by atoms with Gasteiger partial charge in [-0.25, -0.2) is 4.79 Å². The summed E-state index contributed by atoms with van der Waals surface area (Å²) in [7, 11) is 0. The number of carboxylic acids is 1. The van der Waals surface area contributed by atoms with E-state index in [-0.39, 0.29) is 0 Å². The largest absolute Gasteiger partial charge is 0.475 e. The quantitative estimate of drug-likeness (QED) is 0.538. The summed E-state index contributed by atoms with van der Waals surface area (Å²) in [6.07, 6.45) is 0. The zero-order chi connectivity index (χ0) is 8.43. The van der Waals surface area contributed by atoms with Crippen molar-refractivity contribution in [3.8, 4) is 0 Å². The highest BCUT2D eigenvalue weighted by Gasteiger charge is 2.17. The third-order valence-corrected chi connectivity index (χ3v) is 2.28. The van der Waals surface area contributed by atoms with Gasteiger partial charge in [-0.1, -0.05) is 0 Å². The molecule has 1 rings (SSSR count). The lowest BCUT2D eigenvalue weighted by molar-refractivity contribution is -0.131. The predicted octanol–water partition coefficient (Wildman–Crippen LogP) is 1.32. The summed E-state index contributed by atoms with van der Waals surface area (Å²) < 4.78 is 0. The lowest BCUT2D eigenvalue weighted by Gasteiger charge is -1.90. The molecule has 0 aromatic carbocycles. The first kappa shape index (κ1) is 7.94. The van der Waals surface area contributed by atoms with Gasteiger partial charge in [-0.15, -0.1) is 11.3 Å². The number of hydrogen-bond donors (Lipinski definition) is 1. The summed E-state index contributed by atoms with van der Waals surface area (Å²) >= 11 is 1.16. The van der Waals surface area contributed by atoms with Gasteiger partial charge in [0.05, 0.1) is 4.88 Å². The van der Waals surface area contributed by atoms with Gasteiger partial charge in [0.25, 0.3) is 5.78 Å². The smallest absolute Gasteiger partial charge is 0.378 e. The summed E-state index contributed by atoms with van der Waals surface area (Å²) in [5, 5.41) is 10.0. The van der Waals surface area contributed by atoms with Crippen LogP contribution in [0.1, 0.15) is 15.2 Å². The number of thiophene rings is 1. The first-order valence-electron chi connectivity index (χ1n) is 2.94. The molecule has 0 atom stereocenters. The Labute approximate surface area is 67.3 Å². The van der Waals surface area contributed by atoms with Gasteiger partial charge < -0.3 is 5.11 Å².